The van der Waals surface area contributed by atoms with E-state index in [4.69, 9.17) is 9.47 Å². The third kappa shape index (κ3) is 3.00. The highest BCUT2D eigenvalue weighted by Crippen LogP contribution is 2.27. The van der Waals surface area contributed by atoms with Crippen molar-refractivity contribution in [3.05, 3.63) is 65.2 Å². The maximum Gasteiger partial charge on any atom is 0.422 e. The second-order valence-corrected chi connectivity index (χ2v) is 5.26. The van der Waals surface area contributed by atoms with Crippen LogP contribution in [-0.2, 0) is 4.74 Å². The molecule has 1 amide bonds. The quantitative estimate of drug-likeness (QED) is 0.797. The molecular formula is C19H17NO3. The second-order valence-electron chi connectivity index (χ2n) is 5.26. The first-order chi connectivity index (χ1) is 11.2. The van der Waals surface area contributed by atoms with Crippen molar-refractivity contribution in [3.8, 4) is 17.7 Å². The van der Waals surface area contributed by atoms with Crippen molar-refractivity contribution in [2.75, 3.05) is 13.7 Å². The van der Waals surface area contributed by atoms with Crippen LogP contribution in [0.2, 0.25) is 0 Å². The topological polar surface area (TPSA) is 38.8 Å². The van der Waals surface area contributed by atoms with Gasteiger partial charge in [0.15, 0.2) is 0 Å². The fraction of sp³-hybridized carbons (Fsp3) is 0.211. The molecule has 1 aliphatic heterocycles. The fourth-order valence-electron chi connectivity index (χ4n) is 2.55. The molecule has 0 bridgehead atoms. The van der Waals surface area contributed by atoms with Gasteiger partial charge in [-0.3, -0.25) is 0 Å². The number of nitrogens with zero attached hydrogens (tertiary/aromatic N) is 1. The van der Waals surface area contributed by atoms with E-state index >= 15 is 0 Å². The molecule has 2 aromatic carbocycles. The van der Waals surface area contributed by atoms with Crippen LogP contribution in [0.1, 0.15) is 22.7 Å². The van der Waals surface area contributed by atoms with Crippen LogP contribution in [0.15, 0.2) is 48.5 Å². The highest BCUT2D eigenvalue weighted by atomic mass is 16.6. The summed E-state index contributed by atoms with van der Waals surface area (Å²) in [5.74, 6) is 3.75. The van der Waals surface area contributed by atoms with Crippen molar-refractivity contribution in [3.63, 3.8) is 0 Å². The second kappa shape index (κ2) is 6.45. The first-order valence-electron chi connectivity index (χ1n) is 7.37. The Kier molecular flexibility index (Phi) is 4.20. The minimum Gasteiger partial charge on any atom is -0.495 e. The van der Waals surface area contributed by atoms with E-state index in [-0.39, 0.29) is 6.04 Å². The zero-order valence-corrected chi connectivity index (χ0v) is 13.1. The van der Waals surface area contributed by atoms with Crippen molar-refractivity contribution in [1.29, 1.82) is 0 Å². The molecule has 1 aliphatic rings. The number of methoxy groups -OCH3 is 1. The number of aryl methyl sites for hydroxylation is 1. The number of rotatable bonds is 2. The van der Waals surface area contributed by atoms with E-state index in [9.17, 15) is 4.79 Å². The number of carbonyl (C=O) groups excluding carboxylic acids is 1. The molecule has 2 aromatic rings. The molecule has 0 spiro atoms. The summed E-state index contributed by atoms with van der Waals surface area (Å²) in [7, 11) is 1.61. The molecule has 0 saturated carbocycles. The summed E-state index contributed by atoms with van der Waals surface area (Å²) in [4.78, 5) is 13.4. The number of hydrogen-bond donors (Lipinski definition) is 0. The van der Waals surface area contributed by atoms with Crippen LogP contribution in [-0.4, -0.2) is 24.7 Å². The number of hydrogen-bond acceptors (Lipinski definition) is 3. The van der Waals surface area contributed by atoms with E-state index in [2.05, 4.69) is 12.0 Å². The van der Waals surface area contributed by atoms with Gasteiger partial charge in [-0.05, 0) is 30.0 Å². The van der Waals surface area contributed by atoms with Gasteiger partial charge in [0.2, 0.25) is 0 Å². The molecule has 4 heteroatoms. The zero-order chi connectivity index (χ0) is 16.2. The number of cyclic esters (lactones) is 1. The highest BCUT2D eigenvalue weighted by molar-refractivity contribution is 5.73. The Morgan fingerprint density at radius 1 is 1.17 bits per heavy atom. The van der Waals surface area contributed by atoms with Crippen molar-refractivity contribution in [2.24, 2.45) is 0 Å². The molecule has 0 aromatic heterocycles. The number of amides is 1. The maximum absolute atomic E-state index is 12.0. The lowest BCUT2D eigenvalue weighted by Crippen LogP contribution is -2.22. The zero-order valence-electron chi connectivity index (χ0n) is 13.1. The summed E-state index contributed by atoms with van der Waals surface area (Å²) in [6.07, 6.45) is -0.418. The Morgan fingerprint density at radius 3 is 2.70 bits per heavy atom. The summed E-state index contributed by atoms with van der Waals surface area (Å²) < 4.78 is 10.5. The summed E-state index contributed by atoms with van der Waals surface area (Å²) in [5.41, 5.74) is 2.78. The Hall–Kier alpha value is -2.93. The molecule has 0 N–H and O–H groups in total. The van der Waals surface area contributed by atoms with Gasteiger partial charge in [0.25, 0.3) is 0 Å². The van der Waals surface area contributed by atoms with E-state index in [0.717, 1.165) is 16.7 Å². The molecule has 23 heavy (non-hydrogen) atoms. The van der Waals surface area contributed by atoms with Crippen molar-refractivity contribution >= 4 is 6.09 Å². The molecule has 1 fully saturated rings. The van der Waals surface area contributed by atoms with Crippen LogP contribution < -0.4 is 4.74 Å². The average Bonchev–Trinajstić information content (AvgIpc) is 2.95. The Balaban J connectivity index is 1.94. The summed E-state index contributed by atoms with van der Waals surface area (Å²) in [5, 5.41) is 0. The highest BCUT2D eigenvalue weighted by Gasteiger charge is 2.33. The molecule has 0 unspecified atom stereocenters. The smallest absolute Gasteiger partial charge is 0.422 e. The van der Waals surface area contributed by atoms with E-state index in [1.807, 2.05) is 55.5 Å². The Labute approximate surface area is 135 Å². The average molecular weight is 307 g/mol. The van der Waals surface area contributed by atoms with Gasteiger partial charge in [-0.1, -0.05) is 42.5 Å². The van der Waals surface area contributed by atoms with E-state index in [1.54, 1.807) is 7.11 Å². The molecule has 4 nitrogen and oxygen atoms in total. The van der Waals surface area contributed by atoms with Crippen LogP contribution in [0, 0.1) is 18.9 Å². The number of carbonyl (C=O) groups is 1. The van der Waals surface area contributed by atoms with Gasteiger partial charge in [-0.2, -0.15) is 0 Å². The van der Waals surface area contributed by atoms with Gasteiger partial charge < -0.3 is 9.47 Å². The largest absolute Gasteiger partial charge is 0.495 e. The van der Waals surface area contributed by atoms with Gasteiger partial charge >= 0.3 is 6.09 Å². The fourth-order valence-corrected chi connectivity index (χ4v) is 2.55. The van der Waals surface area contributed by atoms with Gasteiger partial charge in [0.05, 0.1) is 12.7 Å². The molecule has 1 atom stereocenters. The predicted molar refractivity (Wildman–Crippen MR) is 87.0 cm³/mol. The molecule has 116 valence electrons. The first kappa shape index (κ1) is 15.0. The van der Waals surface area contributed by atoms with Crippen molar-refractivity contribution in [1.82, 2.24) is 4.90 Å². The lowest BCUT2D eigenvalue weighted by atomic mass is 10.1. The summed E-state index contributed by atoms with van der Waals surface area (Å²) in [6, 6.07) is 18.2. The number of benzene rings is 2. The lowest BCUT2D eigenvalue weighted by Gasteiger charge is -2.15. The molecule has 1 saturated heterocycles. The molecule has 0 aliphatic carbocycles. The van der Waals surface area contributed by atoms with Crippen LogP contribution in [0.4, 0.5) is 4.79 Å². The Bertz CT molecular complexity index is 774. The van der Waals surface area contributed by atoms with E-state index in [0.29, 0.717) is 12.4 Å². The Morgan fingerprint density at radius 2 is 1.96 bits per heavy atom. The normalized spacial score (nSPS) is 16.5. The van der Waals surface area contributed by atoms with E-state index < -0.39 is 6.09 Å². The monoisotopic (exact) mass is 307 g/mol. The lowest BCUT2D eigenvalue weighted by molar-refractivity contribution is 0.167. The predicted octanol–water partition coefficient (Wildman–Crippen LogP) is 3.51. The molecule has 0 radical (unpaired) electrons. The van der Waals surface area contributed by atoms with Crippen LogP contribution in [0.3, 0.4) is 0 Å². The SMILES string of the molecule is COc1cccc(C)c1C#CN1C(=O)OC[C@H]1c1ccccc1. The third-order valence-corrected chi connectivity index (χ3v) is 3.81. The van der Waals surface area contributed by atoms with Gasteiger partial charge in [0.1, 0.15) is 18.4 Å². The van der Waals surface area contributed by atoms with Crippen molar-refractivity contribution in [2.45, 2.75) is 13.0 Å². The standard InChI is InChI=1S/C19H17NO3/c1-14-7-6-10-18(22-2)16(14)11-12-20-17(13-23-19(20)21)15-8-4-3-5-9-15/h3-10,17H,13H2,1-2H3/t17-/m0/s1. The minimum absolute atomic E-state index is 0.189. The van der Waals surface area contributed by atoms with Crippen molar-refractivity contribution < 1.29 is 14.3 Å². The summed E-state index contributed by atoms with van der Waals surface area (Å²) in [6.45, 7) is 2.27. The molecular weight excluding hydrogens is 290 g/mol. The van der Waals surface area contributed by atoms with Gasteiger partial charge in [0, 0.05) is 6.04 Å². The van der Waals surface area contributed by atoms with Crippen LogP contribution >= 0.6 is 0 Å². The maximum atomic E-state index is 12.0. The van der Waals surface area contributed by atoms with Crippen LogP contribution in [0.25, 0.3) is 0 Å². The van der Waals surface area contributed by atoms with E-state index in [1.165, 1.54) is 4.90 Å². The van der Waals surface area contributed by atoms with Gasteiger partial charge in [-0.25, -0.2) is 9.69 Å². The molecule has 1 heterocycles. The van der Waals surface area contributed by atoms with Gasteiger partial charge in [-0.15, -0.1) is 0 Å². The summed E-state index contributed by atoms with van der Waals surface area (Å²) >= 11 is 0. The minimum atomic E-state index is -0.418. The third-order valence-electron chi connectivity index (χ3n) is 3.81. The number of ether oxygens (including phenoxy) is 2. The first-order valence-corrected chi connectivity index (χ1v) is 7.37. The van der Waals surface area contributed by atoms with Crippen LogP contribution in [0.5, 0.6) is 5.75 Å². The molecule has 3 rings (SSSR count).